The van der Waals surface area contributed by atoms with E-state index in [1.165, 1.54) is 0 Å². The Morgan fingerprint density at radius 3 is 0.500 bits per heavy atom. The molecular formula is C12F6. The second kappa shape index (κ2) is 2.55. The van der Waals surface area contributed by atoms with Crippen LogP contribution in [0.5, 0.6) is 0 Å². The topological polar surface area (TPSA) is 0 Å². The van der Waals surface area contributed by atoms with E-state index in [0.717, 1.165) is 0 Å². The maximum Gasteiger partial charge on any atom is 0.168 e. The van der Waals surface area contributed by atoms with Gasteiger partial charge in [-0.1, -0.05) is 0 Å². The number of hydrogen-bond donors (Lipinski definition) is 0. The number of rotatable bonds is 0. The predicted molar refractivity (Wildman–Crippen MR) is 52.3 cm³/mol. The highest BCUT2D eigenvalue weighted by molar-refractivity contribution is 6.31. The van der Waals surface area contributed by atoms with Gasteiger partial charge in [0.1, 0.15) is 0 Å². The lowest BCUT2D eigenvalue weighted by molar-refractivity contribution is 0.499. The molecule has 0 N–H and O–H groups in total. The molecule has 90 valence electrons. The average molecular weight is 258 g/mol. The molecule has 0 saturated carbocycles. The summed E-state index contributed by atoms with van der Waals surface area (Å²) in [5.74, 6) is -8.13. The van der Waals surface area contributed by atoms with Crippen molar-refractivity contribution in [1.82, 2.24) is 0 Å². The SMILES string of the molecule is Fc1c(F)c2c1c1c(F)c(F)c1c1c(F)c(F)c21. The summed E-state index contributed by atoms with van der Waals surface area (Å²) >= 11 is 0. The molecule has 0 aliphatic carbocycles. The maximum absolute atomic E-state index is 13.2. The van der Waals surface area contributed by atoms with Crippen LogP contribution in [0.2, 0.25) is 0 Å². The molecule has 0 amide bonds. The fraction of sp³-hybridized carbons (Fsp3) is 0. The first-order valence-corrected chi connectivity index (χ1v) is 4.88. The van der Waals surface area contributed by atoms with Gasteiger partial charge in [-0.3, -0.25) is 0 Å². The molecular weight excluding hydrogens is 258 g/mol. The summed E-state index contributed by atoms with van der Waals surface area (Å²) in [5, 5.41) is -3.07. The lowest BCUT2D eigenvalue weighted by atomic mass is 9.84. The highest BCUT2D eigenvalue weighted by Gasteiger charge is 2.36. The summed E-state index contributed by atoms with van der Waals surface area (Å²) in [4.78, 5) is 0. The van der Waals surface area contributed by atoms with Gasteiger partial charge in [-0.15, -0.1) is 0 Å². The van der Waals surface area contributed by atoms with Gasteiger partial charge in [0, 0.05) is 32.3 Å². The van der Waals surface area contributed by atoms with Crippen LogP contribution < -0.4 is 0 Å². The second-order valence-corrected chi connectivity index (χ2v) is 4.13. The lowest BCUT2D eigenvalue weighted by Gasteiger charge is -2.22. The van der Waals surface area contributed by atoms with Crippen LogP contribution in [0.3, 0.4) is 0 Å². The van der Waals surface area contributed by atoms with Gasteiger partial charge >= 0.3 is 0 Å². The van der Waals surface area contributed by atoms with Crippen molar-refractivity contribution >= 4 is 32.3 Å². The Morgan fingerprint density at radius 1 is 0.278 bits per heavy atom. The molecule has 0 saturated heterocycles. The highest BCUT2D eigenvalue weighted by atomic mass is 19.2. The first-order valence-electron chi connectivity index (χ1n) is 4.88. The van der Waals surface area contributed by atoms with Crippen LogP contribution in [0.25, 0.3) is 32.3 Å². The number of hydrogen-bond acceptors (Lipinski definition) is 0. The van der Waals surface area contributed by atoms with E-state index in [1.54, 1.807) is 0 Å². The van der Waals surface area contributed by atoms with E-state index in [4.69, 9.17) is 0 Å². The summed E-state index contributed by atoms with van der Waals surface area (Å²) < 4.78 is 79.2. The van der Waals surface area contributed by atoms with Gasteiger partial charge in [-0.05, 0) is 0 Å². The monoisotopic (exact) mass is 258 g/mol. The zero-order valence-electron chi connectivity index (χ0n) is 8.27. The molecule has 0 aliphatic rings. The van der Waals surface area contributed by atoms with Crippen molar-refractivity contribution in [2.24, 2.45) is 0 Å². The molecule has 0 nitrogen and oxygen atoms in total. The van der Waals surface area contributed by atoms with Crippen LogP contribution >= 0.6 is 0 Å². The third-order valence-electron chi connectivity index (χ3n) is 3.40. The van der Waals surface area contributed by atoms with Crippen molar-refractivity contribution in [2.45, 2.75) is 0 Å². The first kappa shape index (κ1) is 9.99. The van der Waals surface area contributed by atoms with E-state index in [1.807, 2.05) is 0 Å². The van der Waals surface area contributed by atoms with E-state index < -0.39 is 67.2 Å². The molecule has 0 aliphatic heterocycles. The van der Waals surface area contributed by atoms with Crippen molar-refractivity contribution in [2.75, 3.05) is 0 Å². The first-order chi connectivity index (χ1) is 8.46. The molecule has 4 aromatic rings. The Labute approximate surface area is 94.4 Å². The summed E-state index contributed by atoms with van der Waals surface area (Å²) in [6.45, 7) is 0. The van der Waals surface area contributed by atoms with Crippen LogP contribution in [0.15, 0.2) is 0 Å². The number of fused-ring (bicyclic) bond motifs is 6. The minimum absolute atomic E-state index is 0.511. The normalized spacial score (nSPS) is 13.0. The third-order valence-corrected chi connectivity index (χ3v) is 3.40. The van der Waals surface area contributed by atoms with Crippen LogP contribution in [0.1, 0.15) is 0 Å². The van der Waals surface area contributed by atoms with Gasteiger partial charge in [0.2, 0.25) is 0 Å². The summed E-state index contributed by atoms with van der Waals surface area (Å²) in [6, 6.07) is 0. The van der Waals surface area contributed by atoms with E-state index in [9.17, 15) is 26.3 Å². The molecule has 0 bridgehead atoms. The smallest absolute Gasteiger partial charge is 0.168 e. The van der Waals surface area contributed by atoms with Crippen molar-refractivity contribution in [1.29, 1.82) is 0 Å². The molecule has 0 spiro atoms. The van der Waals surface area contributed by atoms with Gasteiger partial charge in [0.05, 0.1) is 0 Å². The molecule has 6 heteroatoms. The molecule has 0 fully saturated rings. The standard InChI is InChI=1S/C12F6/c13-7-1-2(8(7)14)4-6(12(18)11(4)17)5-3(1)9(15)10(5)16. The van der Waals surface area contributed by atoms with Gasteiger partial charge < -0.3 is 0 Å². The maximum atomic E-state index is 13.2. The average Bonchev–Trinajstić information content (AvgIpc) is 2.41. The number of halogens is 6. The Balaban J connectivity index is 2.38. The van der Waals surface area contributed by atoms with Gasteiger partial charge in [0.25, 0.3) is 0 Å². The van der Waals surface area contributed by atoms with E-state index in [0.29, 0.717) is 0 Å². The summed E-state index contributed by atoms with van der Waals surface area (Å²) in [7, 11) is 0. The van der Waals surface area contributed by atoms with E-state index in [-0.39, 0.29) is 0 Å². The van der Waals surface area contributed by atoms with Gasteiger partial charge in [-0.25, -0.2) is 26.3 Å². The second-order valence-electron chi connectivity index (χ2n) is 4.13. The Morgan fingerprint density at radius 2 is 0.389 bits per heavy atom. The van der Waals surface area contributed by atoms with Crippen LogP contribution in [-0.4, -0.2) is 0 Å². The molecule has 4 rings (SSSR count). The zero-order valence-corrected chi connectivity index (χ0v) is 8.27. The summed E-state index contributed by atoms with van der Waals surface area (Å²) in [6.07, 6.45) is 0. The molecule has 0 heterocycles. The van der Waals surface area contributed by atoms with Crippen LogP contribution in [0.4, 0.5) is 26.3 Å². The Kier molecular flexibility index (Phi) is 1.42. The minimum atomic E-state index is -1.35. The molecule has 0 aromatic heterocycles. The zero-order chi connectivity index (χ0) is 12.9. The van der Waals surface area contributed by atoms with Gasteiger partial charge in [-0.2, -0.15) is 0 Å². The molecule has 0 radical (unpaired) electrons. The quantitative estimate of drug-likeness (QED) is 0.412. The van der Waals surface area contributed by atoms with Crippen molar-refractivity contribution in [3.63, 3.8) is 0 Å². The molecule has 0 unspecified atom stereocenters. The lowest BCUT2D eigenvalue weighted by Crippen LogP contribution is -2.09. The van der Waals surface area contributed by atoms with Crippen LogP contribution in [0, 0.1) is 34.9 Å². The minimum Gasteiger partial charge on any atom is -0.203 e. The molecule has 18 heavy (non-hydrogen) atoms. The molecule has 4 aromatic carbocycles. The fourth-order valence-corrected chi connectivity index (χ4v) is 2.54. The molecule has 0 atom stereocenters. The van der Waals surface area contributed by atoms with Crippen molar-refractivity contribution < 1.29 is 26.3 Å². The van der Waals surface area contributed by atoms with E-state index >= 15 is 0 Å². The van der Waals surface area contributed by atoms with Crippen molar-refractivity contribution in [3.05, 3.63) is 34.9 Å². The fourth-order valence-electron chi connectivity index (χ4n) is 2.54. The Hall–Kier alpha value is -1.98. The summed E-state index contributed by atoms with van der Waals surface area (Å²) in [5.41, 5.74) is 0. The Bertz CT molecular complexity index is 699. The van der Waals surface area contributed by atoms with Gasteiger partial charge in [0.15, 0.2) is 34.9 Å². The predicted octanol–water partition coefficient (Wildman–Crippen LogP) is 4.29. The van der Waals surface area contributed by atoms with E-state index in [2.05, 4.69) is 0 Å². The van der Waals surface area contributed by atoms with Crippen molar-refractivity contribution in [3.8, 4) is 0 Å². The third kappa shape index (κ3) is 0.706. The highest BCUT2D eigenvalue weighted by Crippen LogP contribution is 2.50. The van der Waals surface area contributed by atoms with Crippen LogP contribution in [-0.2, 0) is 0 Å². The number of benzene rings is 1. The largest absolute Gasteiger partial charge is 0.203 e.